The lowest BCUT2D eigenvalue weighted by molar-refractivity contribution is -0.134. The predicted octanol–water partition coefficient (Wildman–Crippen LogP) is 2.19. The summed E-state index contributed by atoms with van der Waals surface area (Å²) in [4.78, 5) is 25.8. The number of amides is 1. The van der Waals surface area contributed by atoms with Crippen molar-refractivity contribution in [2.24, 2.45) is 0 Å². The number of piperidine rings is 1. The zero-order chi connectivity index (χ0) is 20.8. The van der Waals surface area contributed by atoms with E-state index in [0.29, 0.717) is 25.4 Å². The molecule has 1 N–H and O–H groups in total. The molecule has 8 heteroatoms. The minimum Gasteiger partial charge on any atom is -0.484 e. The molecular weight excluding hydrogens is 373 g/mol. The first-order valence-electron chi connectivity index (χ1n) is 9.82. The monoisotopic (exact) mass is 401 g/mol. The van der Waals surface area contributed by atoms with Crippen molar-refractivity contribution in [3.05, 3.63) is 47.7 Å². The molecule has 0 bridgehead atoms. The zero-order valence-electron chi connectivity index (χ0n) is 17.2. The van der Waals surface area contributed by atoms with Crippen molar-refractivity contribution in [3.8, 4) is 5.75 Å². The average Bonchev–Trinajstić information content (AvgIpc) is 2.73. The second kappa shape index (κ2) is 9.65. The van der Waals surface area contributed by atoms with Crippen LogP contribution in [-0.4, -0.2) is 61.6 Å². The summed E-state index contributed by atoms with van der Waals surface area (Å²) < 4.78 is 18.5. The molecule has 7 nitrogen and oxygen atoms in total. The molecular formula is C21H28FN5O2. The van der Waals surface area contributed by atoms with Crippen LogP contribution in [0.5, 0.6) is 5.75 Å². The van der Waals surface area contributed by atoms with Gasteiger partial charge >= 0.3 is 0 Å². The number of nitrogens with zero attached hydrogens (tertiary/aromatic N) is 4. The smallest absolute Gasteiger partial charge is 0.260 e. The van der Waals surface area contributed by atoms with Crippen LogP contribution >= 0.6 is 0 Å². The van der Waals surface area contributed by atoms with Crippen molar-refractivity contribution in [2.45, 2.75) is 25.3 Å². The number of hydrogen-bond acceptors (Lipinski definition) is 6. The largest absolute Gasteiger partial charge is 0.484 e. The molecule has 1 fully saturated rings. The summed E-state index contributed by atoms with van der Waals surface area (Å²) in [6.07, 6.45) is 1.84. The number of hydrogen-bond donors (Lipinski definition) is 1. The molecule has 0 aliphatic carbocycles. The second-order valence-electron chi connectivity index (χ2n) is 7.42. The third-order valence-electron chi connectivity index (χ3n) is 4.91. The molecule has 0 saturated carbocycles. The molecule has 1 aromatic carbocycles. The van der Waals surface area contributed by atoms with Gasteiger partial charge in [-0.15, -0.1) is 0 Å². The molecule has 2 aromatic rings. The van der Waals surface area contributed by atoms with E-state index in [1.165, 1.54) is 24.3 Å². The molecule has 1 aliphatic rings. The standard InChI is InChI=1S/C21H28FN5O2/c1-23-12-17-11-19(26(2)3)25-21(24-17)15-5-4-10-27(13-15)20(28)14-29-18-8-6-16(22)7-9-18/h6-9,11,15,23H,4-5,10,12-14H2,1-3H3. The van der Waals surface area contributed by atoms with Crippen LogP contribution in [-0.2, 0) is 11.3 Å². The molecule has 2 heterocycles. The number of carbonyl (C=O) groups is 1. The number of benzene rings is 1. The molecule has 1 unspecified atom stereocenters. The lowest BCUT2D eigenvalue weighted by atomic mass is 9.97. The number of rotatable bonds is 7. The van der Waals surface area contributed by atoms with E-state index in [2.05, 4.69) is 5.32 Å². The van der Waals surface area contributed by atoms with Crippen molar-refractivity contribution in [3.63, 3.8) is 0 Å². The maximum Gasteiger partial charge on any atom is 0.260 e. The Labute approximate surface area is 170 Å². The molecule has 29 heavy (non-hydrogen) atoms. The Morgan fingerprint density at radius 1 is 1.31 bits per heavy atom. The van der Waals surface area contributed by atoms with Crippen LogP contribution in [0.1, 0.15) is 30.3 Å². The Morgan fingerprint density at radius 3 is 2.76 bits per heavy atom. The molecule has 0 spiro atoms. The van der Waals surface area contributed by atoms with Crippen LogP contribution in [0.25, 0.3) is 0 Å². The second-order valence-corrected chi connectivity index (χ2v) is 7.42. The number of ether oxygens (including phenoxy) is 1. The zero-order valence-corrected chi connectivity index (χ0v) is 17.2. The summed E-state index contributed by atoms with van der Waals surface area (Å²) in [5, 5.41) is 3.13. The van der Waals surface area contributed by atoms with Gasteiger partial charge < -0.3 is 19.9 Å². The van der Waals surface area contributed by atoms with Crippen LogP contribution in [0.4, 0.5) is 10.2 Å². The van der Waals surface area contributed by atoms with Gasteiger partial charge in [0.25, 0.3) is 5.91 Å². The molecule has 1 atom stereocenters. The van der Waals surface area contributed by atoms with Crippen molar-refractivity contribution in [1.29, 1.82) is 0 Å². The fraction of sp³-hybridized carbons (Fsp3) is 0.476. The van der Waals surface area contributed by atoms with Gasteiger partial charge in [-0.25, -0.2) is 14.4 Å². The highest BCUT2D eigenvalue weighted by Crippen LogP contribution is 2.26. The van der Waals surface area contributed by atoms with Crippen LogP contribution in [0.3, 0.4) is 0 Å². The lowest BCUT2D eigenvalue weighted by Crippen LogP contribution is -2.42. The normalized spacial score (nSPS) is 16.6. The van der Waals surface area contributed by atoms with Crippen LogP contribution < -0.4 is 15.0 Å². The number of anilines is 1. The molecule has 1 amide bonds. The molecule has 0 radical (unpaired) electrons. The van der Waals surface area contributed by atoms with Gasteiger partial charge in [-0.05, 0) is 44.2 Å². The molecule has 156 valence electrons. The Bertz CT molecular complexity index is 828. The Kier molecular flexibility index (Phi) is 6.98. The van der Waals surface area contributed by atoms with Crippen LogP contribution in [0, 0.1) is 5.82 Å². The van der Waals surface area contributed by atoms with Gasteiger partial charge in [0.1, 0.15) is 23.2 Å². The Balaban J connectivity index is 1.66. The van der Waals surface area contributed by atoms with Crippen molar-refractivity contribution >= 4 is 11.7 Å². The van der Waals surface area contributed by atoms with E-state index < -0.39 is 0 Å². The van der Waals surface area contributed by atoms with E-state index in [-0.39, 0.29) is 24.2 Å². The van der Waals surface area contributed by atoms with Gasteiger partial charge in [0.15, 0.2) is 6.61 Å². The highest BCUT2D eigenvalue weighted by molar-refractivity contribution is 5.78. The van der Waals surface area contributed by atoms with Crippen molar-refractivity contribution < 1.29 is 13.9 Å². The fourth-order valence-electron chi connectivity index (χ4n) is 3.37. The highest BCUT2D eigenvalue weighted by Gasteiger charge is 2.27. The molecule has 1 aromatic heterocycles. The lowest BCUT2D eigenvalue weighted by Gasteiger charge is -2.32. The first kappa shape index (κ1) is 21.0. The third-order valence-corrected chi connectivity index (χ3v) is 4.91. The minimum absolute atomic E-state index is 0.0675. The maximum atomic E-state index is 13.0. The predicted molar refractivity (Wildman–Crippen MR) is 110 cm³/mol. The average molecular weight is 401 g/mol. The van der Waals surface area contributed by atoms with Gasteiger partial charge in [0.05, 0.1) is 5.69 Å². The number of aromatic nitrogens is 2. The summed E-state index contributed by atoms with van der Waals surface area (Å²) in [5.74, 6) is 1.79. The summed E-state index contributed by atoms with van der Waals surface area (Å²) in [6.45, 7) is 1.86. The SMILES string of the molecule is CNCc1cc(N(C)C)nc(C2CCCN(C(=O)COc3ccc(F)cc3)C2)n1. The van der Waals surface area contributed by atoms with Gasteiger partial charge in [0.2, 0.25) is 0 Å². The third kappa shape index (κ3) is 5.63. The quantitative estimate of drug-likeness (QED) is 0.767. The topological polar surface area (TPSA) is 70.6 Å². The molecule has 1 saturated heterocycles. The maximum absolute atomic E-state index is 13.0. The van der Waals surface area contributed by atoms with E-state index >= 15 is 0 Å². The number of halogens is 1. The Morgan fingerprint density at radius 2 is 2.07 bits per heavy atom. The minimum atomic E-state index is -0.333. The van der Waals surface area contributed by atoms with E-state index in [1.54, 1.807) is 4.90 Å². The Hall–Kier alpha value is -2.74. The van der Waals surface area contributed by atoms with Gasteiger partial charge in [-0.3, -0.25) is 4.79 Å². The summed E-state index contributed by atoms with van der Waals surface area (Å²) in [7, 11) is 5.80. The number of carbonyl (C=O) groups excluding carboxylic acids is 1. The van der Waals surface area contributed by atoms with E-state index in [4.69, 9.17) is 14.7 Å². The van der Waals surface area contributed by atoms with Crippen molar-refractivity contribution in [1.82, 2.24) is 20.2 Å². The van der Waals surface area contributed by atoms with Crippen LogP contribution in [0.2, 0.25) is 0 Å². The molecule has 1 aliphatic heterocycles. The van der Waals surface area contributed by atoms with Gasteiger partial charge in [-0.1, -0.05) is 0 Å². The first-order valence-corrected chi connectivity index (χ1v) is 9.82. The van der Waals surface area contributed by atoms with Crippen LogP contribution in [0.15, 0.2) is 30.3 Å². The van der Waals surface area contributed by atoms with E-state index in [0.717, 1.165) is 30.2 Å². The van der Waals surface area contributed by atoms with E-state index in [9.17, 15) is 9.18 Å². The summed E-state index contributed by atoms with van der Waals surface area (Å²) >= 11 is 0. The summed E-state index contributed by atoms with van der Waals surface area (Å²) in [5.41, 5.74) is 0.935. The fourth-order valence-corrected chi connectivity index (χ4v) is 3.37. The first-order chi connectivity index (χ1) is 14.0. The highest BCUT2D eigenvalue weighted by atomic mass is 19.1. The number of nitrogens with one attached hydrogen (secondary N) is 1. The summed E-state index contributed by atoms with van der Waals surface area (Å²) in [6, 6.07) is 7.64. The molecule has 3 rings (SSSR count). The van der Waals surface area contributed by atoms with E-state index in [1.807, 2.05) is 32.1 Å². The van der Waals surface area contributed by atoms with Gasteiger partial charge in [-0.2, -0.15) is 0 Å². The van der Waals surface area contributed by atoms with Gasteiger partial charge in [0, 0.05) is 45.7 Å². The number of likely N-dealkylation sites (tertiary alicyclic amines) is 1. The van der Waals surface area contributed by atoms with Crippen molar-refractivity contribution in [2.75, 3.05) is 45.7 Å².